The van der Waals surface area contributed by atoms with Crippen LogP contribution in [0.1, 0.15) is 46.0 Å². The third kappa shape index (κ3) is 52.6. The molecule has 0 aliphatic carbocycles. The normalized spacial score (nSPS) is 12.6. The third-order valence-corrected chi connectivity index (χ3v) is 5.62. The van der Waals surface area contributed by atoms with Gasteiger partial charge in [0.15, 0.2) is 0 Å². The van der Waals surface area contributed by atoms with E-state index in [1.807, 2.05) is 42.3 Å². The number of rotatable bonds is 22. The number of aliphatic hydroxyl groups excluding tert-OH is 5. The highest BCUT2D eigenvalue weighted by Gasteiger charge is 2.10. The van der Waals surface area contributed by atoms with Crippen molar-refractivity contribution in [2.75, 3.05) is 134 Å². The molecule has 0 aromatic heterocycles. The molecule has 0 rings (SSSR count). The Labute approximate surface area is 253 Å². The quantitative estimate of drug-likeness (QED) is 0.0747. The molecule has 254 valence electrons. The van der Waals surface area contributed by atoms with E-state index in [9.17, 15) is 10.2 Å². The molecular formula is C29H73N7O5. The van der Waals surface area contributed by atoms with Gasteiger partial charge in [-0.2, -0.15) is 0 Å². The molecule has 0 fully saturated rings. The maximum Gasteiger partial charge on any atom is 0.0639 e. The largest absolute Gasteiger partial charge is 0.396 e. The molecule has 12 heteroatoms. The van der Waals surface area contributed by atoms with Crippen LogP contribution in [0.2, 0.25) is 0 Å². The van der Waals surface area contributed by atoms with E-state index in [-0.39, 0.29) is 25.4 Å². The van der Waals surface area contributed by atoms with Gasteiger partial charge in [-0.3, -0.25) is 4.90 Å². The zero-order valence-electron chi connectivity index (χ0n) is 28.2. The summed E-state index contributed by atoms with van der Waals surface area (Å²) in [6.07, 6.45) is 4.42. The number of aliphatic hydroxyl groups is 5. The highest BCUT2D eigenvalue weighted by Crippen LogP contribution is 1.98. The lowest BCUT2D eigenvalue weighted by Gasteiger charge is -2.25. The first-order chi connectivity index (χ1) is 19.3. The van der Waals surface area contributed by atoms with Crippen LogP contribution in [-0.4, -0.2) is 196 Å². The summed E-state index contributed by atoms with van der Waals surface area (Å²) >= 11 is 0. The minimum Gasteiger partial charge on any atom is -0.396 e. The van der Waals surface area contributed by atoms with Crippen molar-refractivity contribution in [1.82, 2.24) is 24.5 Å². The van der Waals surface area contributed by atoms with Crippen LogP contribution in [0.5, 0.6) is 0 Å². The maximum absolute atomic E-state index is 9.31. The van der Waals surface area contributed by atoms with Crippen molar-refractivity contribution in [3.05, 3.63) is 0 Å². The lowest BCUT2D eigenvalue weighted by molar-refractivity contribution is 0.0817. The van der Waals surface area contributed by atoms with Crippen LogP contribution >= 0.6 is 0 Å². The van der Waals surface area contributed by atoms with E-state index in [1.54, 1.807) is 13.8 Å². The smallest absolute Gasteiger partial charge is 0.0639 e. The van der Waals surface area contributed by atoms with Crippen molar-refractivity contribution >= 4 is 0 Å². The fourth-order valence-corrected chi connectivity index (χ4v) is 3.34. The molecule has 0 aromatic rings. The first-order valence-corrected chi connectivity index (χ1v) is 15.3. The summed E-state index contributed by atoms with van der Waals surface area (Å²) in [5.41, 5.74) is 10.5. The van der Waals surface area contributed by atoms with Crippen molar-refractivity contribution in [2.24, 2.45) is 11.5 Å². The number of likely N-dealkylation sites (N-methyl/N-ethyl adjacent to an activating group) is 3. The van der Waals surface area contributed by atoms with Crippen molar-refractivity contribution < 1.29 is 25.5 Å². The van der Waals surface area contributed by atoms with Gasteiger partial charge in [0.2, 0.25) is 0 Å². The Bertz CT molecular complexity index is 451. The second-order valence-corrected chi connectivity index (χ2v) is 11.2. The monoisotopic (exact) mass is 600 g/mol. The molecule has 41 heavy (non-hydrogen) atoms. The van der Waals surface area contributed by atoms with Gasteiger partial charge in [-0.1, -0.05) is 0 Å². The highest BCUT2D eigenvalue weighted by atomic mass is 16.3. The summed E-state index contributed by atoms with van der Waals surface area (Å²) < 4.78 is 0. The molecule has 0 amide bonds. The predicted molar refractivity (Wildman–Crippen MR) is 174 cm³/mol. The SMILES string of the molecule is CC(O)CN(CCCN(C)C)CC(C)O.CN(C)CCN(C)CCO.CN(CCO)CCCN.NCCCCCO. The Morgan fingerprint density at radius 2 is 0.951 bits per heavy atom. The Hall–Kier alpha value is -0.480. The molecule has 2 atom stereocenters. The van der Waals surface area contributed by atoms with Gasteiger partial charge >= 0.3 is 0 Å². The van der Waals surface area contributed by atoms with Crippen LogP contribution in [0.15, 0.2) is 0 Å². The van der Waals surface area contributed by atoms with Gasteiger partial charge in [-0.05, 0) is 121 Å². The average Bonchev–Trinajstić information content (AvgIpc) is 2.87. The molecule has 9 N–H and O–H groups in total. The number of hydrogen-bond donors (Lipinski definition) is 7. The molecule has 0 bridgehead atoms. The van der Waals surface area contributed by atoms with Gasteiger partial charge in [0.1, 0.15) is 0 Å². The van der Waals surface area contributed by atoms with E-state index >= 15 is 0 Å². The highest BCUT2D eigenvalue weighted by molar-refractivity contribution is 4.65. The molecule has 0 spiro atoms. The third-order valence-electron chi connectivity index (χ3n) is 5.62. The Kier molecular flexibility index (Phi) is 43.5. The van der Waals surface area contributed by atoms with E-state index in [2.05, 4.69) is 24.5 Å². The fourth-order valence-electron chi connectivity index (χ4n) is 3.34. The van der Waals surface area contributed by atoms with Crippen LogP contribution in [-0.2, 0) is 0 Å². The molecule has 0 saturated carbocycles. The maximum atomic E-state index is 9.31. The minimum atomic E-state index is -0.330. The second kappa shape index (κ2) is 37.5. The van der Waals surface area contributed by atoms with Crippen molar-refractivity contribution in [3.8, 4) is 0 Å². The van der Waals surface area contributed by atoms with Gasteiger partial charge in [0, 0.05) is 45.9 Å². The lowest BCUT2D eigenvalue weighted by atomic mass is 10.2. The van der Waals surface area contributed by atoms with E-state index in [4.69, 9.17) is 26.8 Å². The van der Waals surface area contributed by atoms with Gasteiger partial charge in [-0.15, -0.1) is 0 Å². The zero-order chi connectivity index (χ0) is 32.5. The number of unbranched alkanes of at least 4 members (excludes halogenated alkanes) is 2. The lowest BCUT2D eigenvalue weighted by Crippen LogP contribution is -2.37. The van der Waals surface area contributed by atoms with Crippen LogP contribution in [0.3, 0.4) is 0 Å². The van der Waals surface area contributed by atoms with Crippen LogP contribution in [0, 0.1) is 0 Å². The number of nitrogens with zero attached hydrogens (tertiary/aromatic N) is 5. The molecule has 0 radical (unpaired) electrons. The fraction of sp³-hybridized carbons (Fsp3) is 1.00. The van der Waals surface area contributed by atoms with Crippen LogP contribution in [0.4, 0.5) is 0 Å². The van der Waals surface area contributed by atoms with Gasteiger partial charge in [0.25, 0.3) is 0 Å². The standard InChI is InChI=1S/C11H26N2O2.C7H18N2O.C6H16N2O.C5H13NO/c1-10(14)8-13(9-11(2)15)7-5-6-12(3)4;1-8(2)4-5-9(3)6-7-10;1-8(5-6-9)4-2-3-7;6-4-2-1-3-5-7/h10-11,14-15H,5-9H2,1-4H3;10H,4-7H2,1-3H3;9H,2-7H2,1H3;7H,1-6H2. The summed E-state index contributed by atoms with van der Waals surface area (Å²) in [5, 5.41) is 43.9. The minimum absolute atomic E-state index is 0.237. The Morgan fingerprint density at radius 1 is 0.488 bits per heavy atom. The molecule has 0 saturated heterocycles. The topological polar surface area (TPSA) is 169 Å². The first-order valence-electron chi connectivity index (χ1n) is 15.3. The van der Waals surface area contributed by atoms with Crippen molar-refractivity contribution in [3.63, 3.8) is 0 Å². The molecule has 0 aliphatic rings. The van der Waals surface area contributed by atoms with Crippen molar-refractivity contribution in [1.29, 1.82) is 0 Å². The van der Waals surface area contributed by atoms with Crippen LogP contribution < -0.4 is 11.5 Å². The zero-order valence-corrected chi connectivity index (χ0v) is 28.2. The number of nitrogens with two attached hydrogens (primary N) is 2. The molecule has 2 unspecified atom stereocenters. The molecule has 0 aliphatic heterocycles. The van der Waals surface area contributed by atoms with Gasteiger partial charge in [0.05, 0.1) is 25.4 Å². The molecule has 12 nitrogen and oxygen atoms in total. The van der Waals surface area contributed by atoms with Crippen molar-refractivity contribution in [2.45, 2.75) is 58.2 Å². The van der Waals surface area contributed by atoms with E-state index in [0.29, 0.717) is 19.7 Å². The Balaban J connectivity index is -0.000000232. The van der Waals surface area contributed by atoms with Gasteiger partial charge < -0.3 is 56.6 Å². The van der Waals surface area contributed by atoms with E-state index in [1.165, 1.54) is 0 Å². The second-order valence-electron chi connectivity index (χ2n) is 11.2. The summed E-state index contributed by atoms with van der Waals surface area (Å²) in [6, 6.07) is 0. The predicted octanol–water partition coefficient (Wildman–Crippen LogP) is -1.16. The first kappa shape index (κ1) is 47.5. The number of hydrogen-bond acceptors (Lipinski definition) is 12. The summed E-state index contributed by atoms with van der Waals surface area (Å²) in [4.78, 5) is 10.6. The molecular weight excluding hydrogens is 526 g/mol. The molecule has 0 heterocycles. The van der Waals surface area contributed by atoms with E-state index in [0.717, 1.165) is 91.0 Å². The Morgan fingerprint density at radius 3 is 1.32 bits per heavy atom. The molecule has 0 aromatic carbocycles. The average molecular weight is 600 g/mol. The summed E-state index contributed by atoms with van der Waals surface area (Å²) in [7, 11) is 12.2. The van der Waals surface area contributed by atoms with E-state index < -0.39 is 0 Å². The summed E-state index contributed by atoms with van der Waals surface area (Å²) in [5.74, 6) is 0. The van der Waals surface area contributed by atoms with Crippen LogP contribution in [0.25, 0.3) is 0 Å². The van der Waals surface area contributed by atoms with Gasteiger partial charge in [-0.25, -0.2) is 0 Å². The summed E-state index contributed by atoms with van der Waals surface area (Å²) in [6.45, 7) is 13.7.